The van der Waals surface area contributed by atoms with Crippen LogP contribution in [0.15, 0.2) is 43.0 Å². The molecule has 20 heavy (non-hydrogen) atoms. The van der Waals surface area contributed by atoms with Crippen molar-refractivity contribution in [2.24, 2.45) is 0 Å². The third-order valence-electron chi connectivity index (χ3n) is 3.51. The third-order valence-corrected chi connectivity index (χ3v) is 3.83. The van der Waals surface area contributed by atoms with Crippen molar-refractivity contribution in [2.45, 2.75) is 20.0 Å². The van der Waals surface area contributed by atoms with Gasteiger partial charge >= 0.3 is 0 Å². The largest absolute Gasteiger partial charge is 0.362 e. The zero-order valence-electron chi connectivity index (χ0n) is 11.6. The normalized spacial score (nSPS) is 17.1. The molecule has 0 spiro atoms. The van der Waals surface area contributed by atoms with Crippen molar-refractivity contribution in [1.29, 1.82) is 0 Å². The Kier molecular flexibility index (Phi) is 3.19. The number of fused-ring (bicyclic) bond motifs is 1. The Labute approximate surface area is 124 Å². The highest BCUT2D eigenvalue weighted by Crippen LogP contribution is 2.36. The van der Waals surface area contributed by atoms with Crippen LogP contribution in [0.1, 0.15) is 28.4 Å². The molecule has 2 aromatic rings. The first kappa shape index (κ1) is 13.1. The second-order valence-corrected chi connectivity index (χ2v) is 5.69. The maximum absolute atomic E-state index is 6.24. The fourth-order valence-electron chi connectivity index (χ4n) is 2.73. The Bertz CT molecular complexity index is 671. The topological polar surface area (TPSA) is 24.1 Å². The molecule has 1 atom stereocenters. The smallest absolute Gasteiger partial charge is 0.123 e. The lowest BCUT2D eigenvalue weighted by molar-refractivity contribution is 0.702. The molecule has 3 heteroatoms. The molecule has 0 radical (unpaired) electrons. The maximum atomic E-state index is 6.24. The molecule has 1 aliphatic heterocycles. The van der Waals surface area contributed by atoms with Crippen LogP contribution >= 0.6 is 11.6 Å². The highest BCUT2D eigenvalue weighted by atomic mass is 35.5. The number of nitrogens with one attached hydrogen (secondary N) is 2. The second-order valence-electron chi connectivity index (χ2n) is 5.28. The summed E-state index contributed by atoms with van der Waals surface area (Å²) in [5, 5.41) is 7.59. The van der Waals surface area contributed by atoms with Gasteiger partial charge in [-0.3, -0.25) is 0 Å². The molecule has 1 aliphatic rings. The van der Waals surface area contributed by atoms with Crippen molar-refractivity contribution < 1.29 is 0 Å². The maximum Gasteiger partial charge on any atom is 0.123 e. The fourth-order valence-corrected chi connectivity index (χ4v) is 3.02. The number of halogens is 1. The van der Waals surface area contributed by atoms with E-state index in [-0.39, 0.29) is 6.17 Å². The average molecular weight is 285 g/mol. The molecule has 2 N–H and O–H groups in total. The summed E-state index contributed by atoms with van der Waals surface area (Å²) in [4.78, 5) is 0. The van der Waals surface area contributed by atoms with Crippen molar-refractivity contribution in [1.82, 2.24) is 5.32 Å². The van der Waals surface area contributed by atoms with Crippen LogP contribution < -0.4 is 10.6 Å². The molecule has 1 heterocycles. The summed E-state index contributed by atoms with van der Waals surface area (Å²) in [6.07, 6.45) is 0.0204. The van der Waals surface area contributed by atoms with Crippen molar-refractivity contribution in [2.75, 3.05) is 5.32 Å². The lowest BCUT2D eigenvalue weighted by atomic mass is 10.0. The van der Waals surface area contributed by atoms with E-state index < -0.39 is 0 Å². The molecule has 0 saturated carbocycles. The SMILES string of the molecule is C=C1NC(c2cc(C)cc(C)c2)Nc2cccc(Cl)c21. The minimum atomic E-state index is 0.0204. The van der Waals surface area contributed by atoms with E-state index in [0.29, 0.717) is 5.02 Å². The Hall–Kier alpha value is -1.93. The van der Waals surface area contributed by atoms with E-state index in [9.17, 15) is 0 Å². The van der Waals surface area contributed by atoms with Crippen LogP contribution in [0.2, 0.25) is 5.02 Å². The summed E-state index contributed by atoms with van der Waals surface area (Å²) in [7, 11) is 0. The van der Waals surface area contributed by atoms with Crippen molar-refractivity contribution in [3.8, 4) is 0 Å². The van der Waals surface area contributed by atoms with Gasteiger partial charge in [-0.05, 0) is 31.5 Å². The predicted octanol–water partition coefficient (Wildman–Crippen LogP) is 4.64. The van der Waals surface area contributed by atoms with Crippen molar-refractivity contribution >= 4 is 23.0 Å². The number of hydrogen-bond donors (Lipinski definition) is 2. The van der Waals surface area contributed by atoms with Crippen LogP contribution in [0.5, 0.6) is 0 Å². The Morgan fingerprint density at radius 1 is 1.05 bits per heavy atom. The van der Waals surface area contributed by atoms with Crippen LogP contribution in [0, 0.1) is 13.8 Å². The molecule has 0 fully saturated rings. The van der Waals surface area contributed by atoms with Crippen molar-refractivity contribution in [3.05, 3.63) is 70.3 Å². The van der Waals surface area contributed by atoms with Crippen LogP contribution in [0.25, 0.3) is 5.70 Å². The fraction of sp³-hybridized carbons (Fsp3) is 0.176. The summed E-state index contributed by atoms with van der Waals surface area (Å²) in [5.41, 5.74) is 6.54. The second kappa shape index (κ2) is 4.88. The Balaban J connectivity index is 2.01. The average Bonchev–Trinajstić information content (AvgIpc) is 2.37. The van der Waals surface area contributed by atoms with Gasteiger partial charge in [0, 0.05) is 16.9 Å². The molecule has 0 bridgehead atoms. The lowest BCUT2D eigenvalue weighted by Crippen LogP contribution is -2.31. The van der Waals surface area contributed by atoms with Gasteiger partial charge in [0.1, 0.15) is 6.17 Å². The van der Waals surface area contributed by atoms with Gasteiger partial charge in [-0.25, -0.2) is 0 Å². The standard InChI is InChI=1S/C17H17ClN2/c1-10-7-11(2)9-13(8-10)17-19-12(3)16-14(18)5-4-6-15(16)20-17/h4-9,17,19-20H,3H2,1-2H3. The molecule has 2 aromatic carbocycles. The van der Waals surface area contributed by atoms with E-state index in [1.165, 1.54) is 16.7 Å². The summed E-state index contributed by atoms with van der Waals surface area (Å²) in [6, 6.07) is 12.4. The number of anilines is 1. The molecule has 0 aromatic heterocycles. The van der Waals surface area contributed by atoms with Gasteiger partial charge in [-0.1, -0.05) is 53.6 Å². The van der Waals surface area contributed by atoms with Gasteiger partial charge in [0.2, 0.25) is 0 Å². The lowest BCUT2D eigenvalue weighted by Gasteiger charge is -2.31. The minimum absolute atomic E-state index is 0.0204. The Morgan fingerprint density at radius 3 is 2.45 bits per heavy atom. The minimum Gasteiger partial charge on any atom is -0.362 e. The molecule has 102 valence electrons. The monoisotopic (exact) mass is 284 g/mol. The van der Waals surface area contributed by atoms with Gasteiger partial charge in [-0.15, -0.1) is 0 Å². The van der Waals surface area contributed by atoms with Gasteiger partial charge < -0.3 is 10.6 Å². The number of benzene rings is 2. The molecule has 3 rings (SSSR count). The number of hydrogen-bond acceptors (Lipinski definition) is 2. The zero-order chi connectivity index (χ0) is 14.3. The molecule has 0 saturated heterocycles. The molecule has 1 unspecified atom stereocenters. The van der Waals surface area contributed by atoms with E-state index in [0.717, 1.165) is 16.9 Å². The first-order valence-corrected chi connectivity index (χ1v) is 7.01. The quantitative estimate of drug-likeness (QED) is 0.797. The van der Waals surface area contributed by atoms with E-state index >= 15 is 0 Å². The van der Waals surface area contributed by atoms with Crippen molar-refractivity contribution in [3.63, 3.8) is 0 Å². The van der Waals surface area contributed by atoms with Crippen LogP contribution in [-0.2, 0) is 0 Å². The highest BCUT2D eigenvalue weighted by Gasteiger charge is 2.22. The van der Waals surface area contributed by atoms with Gasteiger partial charge in [0.25, 0.3) is 0 Å². The molecular formula is C17H17ClN2. The van der Waals surface area contributed by atoms with Gasteiger partial charge in [0.05, 0.1) is 5.02 Å². The van der Waals surface area contributed by atoms with Gasteiger partial charge in [-0.2, -0.15) is 0 Å². The summed E-state index contributed by atoms with van der Waals surface area (Å²) >= 11 is 6.24. The number of aryl methyl sites for hydroxylation is 2. The van der Waals surface area contributed by atoms with Crippen LogP contribution in [-0.4, -0.2) is 0 Å². The summed E-state index contributed by atoms with van der Waals surface area (Å²) < 4.78 is 0. The first-order chi connectivity index (χ1) is 9.54. The van der Waals surface area contributed by atoms with Crippen LogP contribution in [0.4, 0.5) is 5.69 Å². The number of rotatable bonds is 1. The highest BCUT2D eigenvalue weighted by molar-refractivity contribution is 6.33. The summed E-state index contributed by atoms with van der Waals surface area (Å²) in [5.74, 6) is 0. The molecule has 0 aliphatic carbocycles. The third kappa shape index (κ3) is 2.27. The first-order valence-electron chi connectivity index (χ1n) is 6.63. The summed E-state index contributed by atoms with van der Waals surface area (Å²) in [6.45, 7) is 8.32. The van der Waals surface area contributed by atoms with Crippen LogP contribution in [0.3, 0.4) is 0 Å². The zero-order valence-corrected chi connectivity index (χ0v) is 12.4. The Morgan fingerprint density at radius 2 is 1.75 bits per heavy atom. The predicted molar refractivity (Wildman–Crippen MR) is 85.9 cm³/mol. The van der Waals surface area contributed by atoms with E-state index in [2.05, 4.69) is 49.3 Å². The van der Waals surface area contributed by atoms with Gasteiger partial charge in [0.15, 0.2) is 0 Å². The van der Waals surface area contributed by atoms with E-state index in [1.54, 1.807) is 0 Å². The van der Waals surface area contributed by atoms with E-state index in [4.69, 9.17) is 11.6 Å². The molecule has 0 amide bonds. The molecule has 2 nitrogen and oxygen atoms in total. The van der Waals surface area contributed by atoms with E-state index in [1.807, 2.05) is 18.2 Å². The molecular weight excluding hydrogens is 268 g/mol.